The van der Waals surface area contributed by atoms with Gasteiger partial charge in [-0.2, -0.15) is 0 Å². The lowest BCUT2D eigenvalue weighted by atomic mass is 10.1. The lowest BCUT2D eigenvalue weighted by Gasteiger charge is -2.23. The summed E-state index contributed by atoms with van der Waals surface area (Å²) in [5.41, 5.74) is 9.68. The van der Waals surface area contributed by atoms with Crippen molar-refractivity contribution in [3.8, 4) is 0 Å². The van der Waals surface area contributed by atoms with Crippen LogP contribution in [0.1, 0.15) is 11.1 Å². The van der Waals surface area contributed by atoms with E-state index in [2.05, 4.69) is 17.0 Å². The van der Waals surface area contributed by atoms with Crippen molar-refractivity contribution in [1.29, 1.82) is 5.41 Å². The van der Waals surface area contributed by atoms with Gasteiger partial charge in [0.1, 0.15) is 5.84 Å². The molecule has 1 aliphatic rings. The molecule has 0 atom stereocenters. The van der Waals surface area contributed by atoms with Crippen molar-refractivity contribution >= 4 is 28.8 Å². The van der Waals surface area contributed by atoms with Crippen LogP contribution >= 0.6 is 11.6 Å². The van der Waals surface area contributed by atoms with E-state index >= 15 is 0 Å². The first-order valence-electron chi connectivity index (χ1n) is 6.17. The molecule has 3 rings (SSSR count). The van der Waals surface area contributed by atoms with Gasteiger partial charge in [-0.3, -0.25) is 5.41 Å². The summed E-state index contributed by atoms with van der Waals surface area (Å²) in [5, 5.41) is 8.25. The van der Waals surface area contributed by atoms with Gasteiger partial charge in [0.05, 0.1) is 16.3 Å². The smallest absolute Gasteiger partial charge is 0.126 e. The molecule has 0 bridgehead atoms. The van der Waals surface area contributed by atoms with Gasteiger partial charge in [-0.25, -0.2) is 0 Å². The molecule has 3 nitrogen and oxygen atoms in total. The molecule has 0 radical (unpaired) electrons. The van der Waals surface area contributed by atoms with Crippen LogP contribution in [0, 0.1) is 5.41 Å². The highest BCUT2D eigenvalue weighted by Gasteiger charge is 2.23. The Kier molecular flexibility index (Phi) is 2.91. The summed E-state index contributed by atoms with van der Waals surface area (Å²) < 4.78 is 0. The van der Waals surface area contributed by atoms with E-state index in [4.69, 9.17) is 22.7 Å². The number of nitrogens with zero attached hydrogens (tertiary/aromatic N) is 1. The van der Waals surface area contributed by atoms with Crippen LogP contribution in [0.4, 0.5) is 11.4 Å². The zero-order valence-electron chi connectivity index (χ0n) is 10.4. The minimum absolute atomic E-state index is 0.00461. The lowest BCUT2D eigenvalue weighted by molar-refractivity contribution is 0.996. The van der Waals surface area contributed by atoms with Crippen molar-refractivity contribution in [2.24, 2.45) is 5.73 Å². The van der Waals surface area contributed by atoms with Crippen LogP contribution < -0.4 is 10.6 Å². The Balaban J connectivity index is 2.15. The van der Waals surface area contributed by atoms with Gasteiger partial charge in [-0.15, -0.1) is 0 Å². The van der Waals surface area contributed by atoms with Crippen molar-refractivity contribution in [3.05, 3.63) is 58.6 Å². The fourth-order valence-corrected chi connectivity index (χ4v) is 2.86. The molecular weight excluding hydrogens is 258 g/mol. The lowest BCUT2D eigenvalue weighted by Crippen LogP contribution is -2.20. The molecule has 3 N–H and O–H groups in total. The highest BCUT2D eigenvalue weighted by Crippen LogP contribution is 2.37. The Labute approximate surface area is 117 Å². The predicted octanol–water partition coefficient (Wildman–Crippen LogP) is 3.32. The summed E-state index contributed by atoms with van der Waals surface area (Å²) in [4.78, 5) is 2.18. The molecule has 0 saturated heterocycles. The second-order valence-electron chi connectivity index (χ2n) is 4.58. The average molecular weight is 272 g/mol. The minimum atomic E-state index is 0.00461. The summed E-state index contributed by atoms with van der Waals surface area (Å²) in [5.74, 6) is 0.00461. The van der Waals surface area contributed by atoms with Crippen LogP contribution in [0.2, 0.25) is 5.02 Å². The second-order valence-corrected chi connectivity index (χ2v) is 4.99. The first-order chi connectivity index (χ1) is 9.18. The van der Waals surface area contributed by atoms with E-state index < -0.39 is 0 Å². The largest absolute Gasteiger partial charge is 0.384 e. The van der Waals surface area contributed by atoms with E-state index in [9.17, 15) is 0 Å². The van der Waals surface area contributed by atoms with Crippen LogP contribution in [0.25, 0.3) is 0 Å². The van der Waals surface area contributed by atoms with Gasteiger partial charge in [0.25, 0.3) is 0 Å². The number of hydrogen-bond acceptors (Lipinski definition) is 2. The highest BCUT2D eigenvalue weighted by molar-refractivity contribution is 6.34. The van der Waals surface area contributed by atoms with Crippen LogP contribution in [0.5, 0.6) is 0 Å². The van der Waals surface area contributed by atoms with Gasteiger partial charge in [-0.1, -0.05) is 35.9 Å². The number of hydrogen-bond donors (Lipinski definition) is 2. The minimum Gasteiger partial charge on any atom is -0.384 e. The Morgan fingerprint density at radius 3 is 2.63 bits per heavy atom. The number of nitrogen functional groups attached to an aromatic ring is 1. The van der Waals surface area contributed by atoms with E-state index in [1.807, 2.05) is 24.3 Å². The van der Waals surface area contributed by atoms with Crippen molar-refractivity contribution < 1.29 is 0 Å². The third-order valence-electron chi connectivity index (χ3n) is 3.44. The quantitative estimate of drug-likeness (QED) is 0.650. The van der Waals surface area contributed by atoms with E-state index in [1.54, 1.807) is 6.07 Å². The molecule has 0 spiro atoms. The van der Waals surface area contributed by atoms with Crippen molar-refractivity contribution in [1.82, 2.24) is 0 Å². The summed E-state index contributed by atoms with van der Waals surface area (Å²) in [6, 6.07) is 13.9. The normalized spacial score (nSPS) is 13.4. The molecule has 0 aliphatic carbocycles. The van der Waals surface area contributed by atoms with E-state index in [-0.39, 0.29) is 5.84 Å². The molecule has 1 aliphatic heterocycles. The number of amidine groups is 1. The molecule has 2 aromatic carbocycles. The fraction of sp³-hybridized carbons (Fsp3) is 0.133. The van der Waals surface area contributed by atoms with Crippen molar-refractivity contribution in [2.45, 2.75) is 6.42 Å². The van der Waals surface area contributed by atoms with Crippen molar-refractivity contribution in [3.63, 3.8) is 0 Å². The summed E-state index contributed by atoms with van der Waals surface area (Å²) in [6.07, 6.45) is 1.00. The average Bonchev–Trinajstić information content (AvgIpc) is 2.81. The molecule has 1 heterocycles. The number of anilines is 2. The molecule has 19 heavy (non-hydrogen) atoms. The van der Waals surface area contributed by atoms with Gasteiger partial charge in [0.15, 0.2) is 0 Å². The summed E-state index contributed by atoms with van der Waals surface area (Å²) in [7, 11) is 0. The Hall–Kier alpha value is -2.00. The monoisotopic (exact) mass is 271 g/mol. The van der Waals surface area contributed by atoms with E-state index in [0.29, 0.717) is 10.6 Å². The highest BCUT2D eigenvalue weighted by atomic mass is 35.5. The zero-order valence-corrected chi connectivity index (χ0v) is 11.1. The predicted molar refractivity (Wildman–Crippen MR) is 79.6 cm³/mol. The number of halogens is 1. The maximum atomic E-state index is 7.73. The molecule has 0 amide bonds. The molecule has 2 aromatic rings. The SMILES string of the molecule is N=C(N)c1c(Cl)cccc1N1CCc2ccccc21. The maximum absolute atomic E-state index is 7.73. The Bertz CT molecular complexity index is 652. The number of para-hydroxylation sites is 1. The van der Waals surface area contributed by atoms with Crippen LogP contribution in [-0.2, 0) is 6.42 Å². The molecule has 0 fully saturated rings. The van der Waals surface area contributed by atoms with E-state index in [0.717, 1.165) is 18.7 Å². The first kappa shape index (κ1) is 12.1. The van der Waals surface area contributed by atoms with Gasteiger partial charge < -0.3 is 10.6 Å². The zero-order chi connectivity index (χ0) is 13.4. The van der Waals surface area contributed by atoms with Gasteiger partial charge in [0.2, 0.25) is 0 Å². The maximum Gasteiger partial charge on any atom is 0.126 e. The molecular formula is C15H14ClN3. The van der Waals surface area contributed by atoms with Crippen molar-refractivity contribution in [2.75, 3.05) is 11.4 Å². The first-order valence-corrected chi connectivity index (χ1v) is 6.54. The molecule has 0 saturated carbocycles. The Morgan fingerprint density at radius 2 is 1.84 bits per heavy atom. The number of fused-ring (bicyclic) bond motifs is 1. The standard InChI is InChI=1S/C15H14ClN3/c16-11-5-3-7-13(14(11)15(17)18)19-9-8-10-4-1-2-6-12(10)19/h1-7H,8-9H2,(H3,17,18). The topological polar surface area (TPSA) is 53.1 Å². The van der Waals surface area contributed by atoms with Gasteiger partial charge in [-0.05, 0) is 30.2 Å². The van der Waals surface area contributed by atoms with Crippen LogP contribution in [0.15, 0.2) is 42.5 Å². The number of benzene rings is 2. The fourth-order valence-electron chi connectivity index (χ4n) is 2.59. The molecule has 96 valence electrons. The summed E-state index contributed by atoms with van der Waals surface area (Å²) >= 11 is 6.18. The molecule has 0 aromatic heterocycles. The second kappa shape index (κ2) is 4.59. The van der Waals surface area contributed by atoms with Gasteiger partial charge >= 0.3 is 0 Å². The summed E-state index contributed by atoms with van der Waals surface area (Å²) in [6.45, 7) is 0.889. The van der Waals surface area contributed by atoms with Crippen LogP contribution in [0.3, 0.4) is 0 Å². The molecule has 0 unspecified atom stereocenters. The van der Waals surface area contributed by atoms with Gasteiger partial charge in [0, 0.05) is 12.2 Å². The third-order valence-corrected chi connectivity index (χ3v) is 3.75. The van der Waals surface area contributed by atoms with E-state index in [1.165, 1.54) is 11.3 Å². The Morgan fingerprint density at radius 1 is 1.11 bits per heavy atom. The number of nitrogens with two attached hydrogens (primary N) is 1. The van der Waals surface area contributed by atoms with Crippen LogP contribution in [-0.4, -0.2) is 12.4 Å². The number of rotatable bonds is 2. The molecule has 4 heteroatoms. The third kappa shape index (κ3) is 1.96. The number of nitrogens with one attached hydrogen (secondary N) is 1.